The highest BCUT2D eigenvalue weighted by Crippen LogP contribution is 2.18. The molecular weight excluding hydrogens is 236 g/mol. The van der Waals surface area contributed by atoms with Gasteiger partial charge in [-0.2, -0.15) is 0 Å². The zero-order chi connectivity index (χ0) is 12.1. The molecule has 0 spiro atoms. The average molecular weight is 257 g/mol. The molecule has 1 rings (SSSR count). The largest absolute Gasteiger partial charge is 0.354 e. The van der Waals surface area contributed by atoms with Gasteiger partial charge in [-0.3, -0.25) is 4.79 Å². The Balaban J connectivity index is 0.00000256. The van der Waals surface area contributed by atoms with Gasteiger partial charge in [-0.25, -0.2) is 0 Å². The molecule has 1 aromatic rings. The summed E-state index contributed by atoms with van der Waals surface area (Å²) >= 11 is 0. The molecule has 0 aliphatic carbocycles. The quantitative estimate of drug-likeness (QED) is 0.868. The Morgan fingerprint density at radius 3 is 2.18 bits per heavy atom. The highest BCUT2D eigenvalue weighted by Gasteiger charge is 2.22. The van der Waals surface area contributed by atoms with Gasteiger partial charge < -0.3 is 11.1 Å². The summed E-state index contributed by atoms with van der Waals surface area (Å²) in [7, 11) is 0. The van der Waals surface area contributed by atoms with E-state index in [4.69, 9.17) is 5.73 Å². The maximum Gasteiger partial charge on any atom is 0.224 e. The fraction of sp³-hybridized carbons (Fsp3) is 0.462. The van der Waals surface area contributed by atoms with Crippen LogP contribution >= 0.6 is 12.4 Å². The Bertz CT molecular complexity index is 341. The molecule has 0 saturated heterocycles. The zero-order valence-electron chi connectivity index (χ0n) is 10.5. The fourth-order valence-electron chi connectivity index (χ4n) is 1.54. The molecule has 96 valence electrons. The number of nitrogens with two attached hydrogens (primary N) is 1. The first kappa shape index (κ1) is 15.9. The number of carbonyl (C=O) groups is 1. The van der Waals surface area contributed by atoms with Gasteiger partial charge >= 0.3 is 0 Å². The van der Waals surface area contributed by atoms with Crippen molar-refractivity contribution in [3.05, 3.63) is 35.9 Å². The molecule has 3 N–H and O–H groups in total. The van der Waals surface area contributed by atoms with Gasteiger partial charge in [0.25, 0.3) is 0 Å². The van der Waals surface area contributed by atoms with E-state index < -0.39 is 0 Å². The maximum atomic E-state index is 11.8. The summed E-state index contributed by atoms with van der Waals surface area (Å²) in [4.78, 5) is 11.8. The minimum atomic E-state index is -0.250. The number of nitrogens with one attached hydrogen (secondary N) is 1. The topological polar surface area (TPSA) is 55.1 Å². The molecule has 0 aliphatic rings. The normalized spacial score (nSPS) is 13.7. The van der Waals surface area contributed by atoms with Gasteiger partial charge in [0, 0.05) is 12.1 Å². The Hall–Kier alpha value is -1.06. The summed E-state index contributed by atoms with van der Waals surface area (Å²) in [5.41, 5.74) is 7.05. The predicted octanol–water partition coefficient (Wildman–Crippen LogP) is 2.27. The van der Waals surface area contributed by atoms with Gasteiger partial charge in [-0.15, -0.1) is 12.4 Å². The summed E-state index contributed by atoms with van der Waals surface area (Å²) in [5, 5.41) is 2.87. The van der Waals surface area contributed by atoms with E-state index in [9.17, 15) is 4.79 Å². The highest BCUT2D eigenvalue weighted by molar-refractivity contribution is 5.85. The van der Waals surface area contributed by atoms with E-state index in [-0.39, 0.29) is 36.3 Å². The summed E-state index contributed by atoms with van der Waals surface area (Å²) in [6.07, 6.45) is 0. The SMILES string of the molecule is CC(C)NC(=O)C(C)C(N)c1ccccc1.Cl. The van der Waals surface area contributed by atoms with Crippen molar-refractivity contribution >= 4 is 18.3 Å². The smallest absolute Gasteiger partial charge is 0.224 e. The van der Waals surface area contributed by atoms with Gasteiger partial charge in [0.1, 0.15) is 0 Å². The first-order valence-corrected chi connectivity index (χ1v) is 5.63. The number of rotatable bonds is 4. The van der Waals surface area contributed by atoms with Crippen molar-refractivity contribution in [2.24, 2.45) is 11.7 Å². The number of halogens is 1. The lowest BCUT2D eigenvalue weighted by atomic mass is 9.94. The van der Waals surface area contributed by atoms with Crippen molar-refractivity contribution < 1.29 is 4.79 Å². The Morgan fingerprint density at radius 1 is 1.18 bits per heavy atom. The van der Waals surface area contributed by atoms with Crippen LogP contribution in [0.4, 0.5) is 0 Å². The molecule has 4 heteroatoms. The summed E-state index contributed by atoms with van der Waals surface area (Å²) in [6.45, 7) is 5.74. The van der Waals surface area contributed by atoms with E-state index in [0.717, 1.165) is 5.56 Å². The number of carbonyl (C=O) groups excluding carboxylic acids is 1. The number of benzene rings is 1. The minimum absolute atomic E-state index is 0. The van der Waals surface area contributed by atoms with Crippen LogP contribution in [-0.2, 0) is 4.79 Å². The lowest BCUT2D eigenvalue weighted by Crippen LogP contribution is -2.38. The molecule has 1 amide bonds. The van der Waals surface area contributed by atoms with Crippen molar-refractivity contribution in [3.63, 3.8) is 0 Å². The molecule has 3 nitrogen and oxygen atoms in total. The van der Waals surface area contributed by atoms with E-state index in [0.29, 0.717) is 0 Å². The van der Waals surface area contributed by atoms with E-state index >= 15 is 0 Å². The predicted molar refractivity (Wildman–Crippen MR) is 73.1 cm³/mol. The third kappa shape index (κ3) is 4.75. The number of amides is 1. The van der Waals surface area contributed by atoms with Gasteiger partial charge in [-0.05, 0) is 19.4 Å². The van der Waals surface area contributed by atoms with Crippen LogP contribution in [0.1, 0.15) is 32.4 Å². The third-order valence-corrected chi connectivity index (χ3v) is 2.57. The first-order valence-electron chi connectivity index (χ1n) is 5.63. The summed E-state index contributed by atoms with van der Waals surface area (Å²) in [6, 6.07) is 9.60. The molecule has 0 fully saturated rings. The highest BCUT2D eigenvalue weighted by atomic mass is 35.5. The Morgan fingerprint density at radius 2 is 1.71 bits per heavy atom. The van der Waals surface area contributed by atoms with Crippen LogP contribution in [0, 0.1) is 5.92 Å². The van der Waals surface area contributed by atoms with Crippen molar-refractivity contribution in [3.8, 4) is 0 Å². The summed E-state index contributed by atoms with van der Waals surface area (Å²) < 4.78 is 0. The molecule has 0 aromatic heterocycles. The number of hydrogen-bond donors (Lipinski definition) is 2. The Labute approximate surface area is 109 Å². The lowest BCUT2D eigenvalue weighted by Gasteiger charge is -2.21. The van der Waals surface area contributed by atoms with Crippen LogP contribution in [0.2, 0.25) is 0 Å². The minimum Gasteiger partial charge on any atom is -0.354 e. The van der Waals surface area contributed by atoms with Crippen molar-refractivity contribution in [1.82, 2.24) is 5.32 Å². The number of hydrogen-bond acceptors (Lipinski definition) is 2. The second kappa shape index (κ2) is 7.30. The monoisotopic (exact) mass is 256 g/mol. The van der Waals surface area contributed by atoms with Gasteiger partial charge in [-0.1, -0.05) is 37.3 Å². The van der Waals surface area contributed by atoms with Crippen molar-refractivity contribution in [2.45, 2.75) is 32.9 Å². The molecule has 2 atom stereocenters. The van der Waals surface area contributed by atoms with Crippen molar-refractivity contribution in [2.75, 3.05) is 0 Å². The van der Waals surface area contributed by atoms with Crippen LogP contribution in [-0.4, -0.2) is 11.9 Å². The molecular formula is C13H21ClN2O. The van der Waals surface area contributed by atoms with E-state index in [1.54, 1.807) is 0 Å². The van der Waals surface area contributed by atoms with Gasteiger partial charge in [0.2, 0.25) is 5.91 Å². The molecule has 0 bridgehead atoms. The fourth-order valence-corrected chi connectivity index (χ4v) is 1.54. The molecule has 0 saturated carbocycles. The van der Waals surface area contributed by atoms with E-state index in [2.05, 4.69) is 5.32 Å². The average Bonchev–Trinajstić information content (AvgIpc) is 2.27. The zero-order valence-corrected chi connectivity index (χ0v) is 11.3. The second-order valence-corrected chi connectivity index (χ2v) is 4.39. The Kier molecular flexibility index (Phi) is 6.85. The second-order valence-electron chi connectivity index (χ2n) is 4.39. The van der Waals surface area contributed by atoms with E-state index in [1.807, 2.05) is 51.1 Å². The summed E-state index contributed by atoms with van der Waals surface area (Å²) in [5.74, 6) is -0.212. The van der Waals surface area contributed by atoms with Crippen LogP contribution < -0.4 is 11.1 Å². The standard InChI is InChI=1S/C13H20N2O.ClH/c1-9(2)15-13(16)10(3)12(14)11-7-5-4-6-8-11;/h4-10,12H,14H2,1-3H3,(H,15,16);1H. The molecule has 0 radical (unpaired) electrons. The maximum absolute atomic E-state index is 11.8. The molecule has 17 heavy (non-hydrogen) atoms. The van der Waals surface area contributed by atoms with Crippen LogP contribution in [0.5, 0.6) is 0 Å². The third-order valence-electron chi connectivity index (χ3n) is 2.57. The molecule has 0 aliphatic heterocycles. The van der Waals surface area contributed by atoms with E-state index in [1.165, 1.54) is 0 Å². The van der Waals surface area contributed by atoms with Crippen LogP contribution in [0.15, 0.2) is 30.3 Å². The molecule has 2 unspecified atom stereocenters. The first-order chi connectivity index (χ1) is 7.52. The van der Waals surface area contributed by atoms with Crippen LogP contribution in [0.25, 0.3) is 0 Å². The van der Waals surface area contributed by atoms with Crippen molar-refractivity contribution in [1.29, 1.82) is 0 Å². The van der Waals surface area contributed by atoms with Gasteiger partial charge in [0.15, 0.2) is 0 Å². The van der Waals surface area contributed by atoms with Gasteiger partial charge in [0.05, 0.1) is 5.92 Å². The molecule has 0 heterocycles. The molecule has 1 aromatic carbocycles. The van der Waals surface area contributed by atoms with Crippen LogP contribution in [0.3, 0.4) is 0 Å². The lowest BCUT2D eigenvalue weighted by molar-refractivity contribution is -0.125.